The van der Waals surface area contributed by atoms with Crippen LogP contribution in [0.25, 0.3) is 16.9 Å². The third kappa shape index (κ3) is 4.81. The summed E-state index contributed by atoms with van der Waals surface area (Å²) in [6.45, 7) is 3.93. The van der Waals surface area contributed by atoms with E-state index in [-0.39, 0.29) is 23.0 Å². The van der Waals surface area contributed by atoms with E-state index in [0.717, 1.165) is 50.0 Å². The van der Waals surface area contributed by atoms with Crippen LogP contribution in [0.15, 0.2) is 61.1 Å². The van der Waals surface area contributed by atoms with Crippen LogP contribution in [0.4, 0.5) is 11.8 Å². The SMILES string of the molecule is CC=CN1CCCC(c2nc(-c3ccc(C(=O)Nc4cc(C5CC5)ccn4)c(C#N)c3)n3c(N)nccc23)C1. The molecule has 3 aromatic heterocycles. The highest BCUT2D eigenvalue weighted by atomic mass is 16.1. The number of likely N-dealkylation sites (tertiary alicyclic amines) is 1. The first kappa shape index (κ1) is 24.6. The fourth-order valence-electron chi connectivity index (χ4n) is 5.50. The van der Waals surface area contributed by atoms with Gasteiger partial charge in [-0.25, -0.2) is 15.0 Å². The molecule has 0 spiro atoms. The topological polar surface area (TPSA) is 125 Å². The number of carbonyl (C=O) groups is 1. The van der Waals surface area contributed by atoms with Gasteiger partial charge in [0.15, 0.2) is 0 Å². The number of hydrogen-bond donors (Lipinski definition) is 2. The van der Waals surface area contributed by atoms with Crippen molar-refractivity contribution in [2.45, 2.75) is 44.4 Å². The number of benzene rings is 1. The van der Waals surface area contributed by atoms with Gasteiger partial charge >= 0.3 is 0 Å². The Kier molecular flexibility index (Phi) is 6.45. The number of pyridine rings is 1. The number of nitrogens with zero attached hydrogens (tertiary/aromatic N) is 6. The predicted molar refractivity (Wildman–Crippen MR) is 150 cm³/mol. The molecule has 1 unspecified atom stereocenters. The fraction of sp³-hybridized carbons (Fsp3) is 0.300. The molecule has 39 heavy (non-hydrogen) atoms. The van der Waals surface area contributed by atoms with E-state index in [4.69, 9.17) is 10.7 Å². The van der Waals surface area contributed by atoms with Crippen molar-refractivity contribution in [2.24, 2.45) is 0 Å². The van der Waals surface area contributed by atoms with E-state index in [1.165, 1.54) is 5.56 Å². The summed E-state index contributed by atoms with van der Waals surface area (Å²) in [4.78, 5) is 29.1. The van der Waals surface area contributed by atoms with Gasteiger partial charge in [-0.1, -0.05) is 12.1 Å². The number of imidazole rings is 1. The first-order valence-corrected chi connectivity index (χ1v) is 13.4. The van der Waals surface area contributed by atoms with E-state index in [2.05, 4.69) is 38.5 Å². The van der Waals surface area contributed by atoms with Gasteiger partial charge in [-0.3, -0.25) is 9.20 Å². The number of anilines is 2. The first-order chi connectivity index (χ1) is 19.1. The maximum Gasteiger partial charge on any atom is 0.258 e. The molecule has 3 N–H and O–H groups in total. The largest absolute Gasteiger partial charge is 0.377 e. The highest BCUT2D eigenvalue weighted by Crippen LogP contribution is 2.40. The molecule has 4 heterocycles. The number of hydrogen-bond acceptors (Lipinski definition) is 7. The van der Waals surface area contributed by atoms with Gasteiger partial charge in [-0.15, -0.1) is 0 Å². The number of nitrogen functional groups attached to an aromatic ring is 1. The van der Waals surface area contributed by atoms with Gasteiger partial charge in [0.05, 0.1) is 28.4 Å². The molecule has 1 aromatic carbocycles. The van der Waals surface area contributed by atoms with E-state index in [1.54, 1.807) is 24.5 Å². The molecule has 1 saturated heterocycles. The Morgan fingerprint density at radius 1 is 1.13 bits per heavy atom. The molecule has 9 nitrogen and oxygen atoms in total. The lowest BCUT2D eigenvalue weighted by Crippen LogP contribution is -2.30. The van der Waals surface area contributed by atoms with E-state index < -0.39 is 0 Å². The Morgan fingerprint density at radius 2 is 1.97 bits per heavy atom. The molecule has 0 bridgehead atoms. The molecule has 1 aliphatic heterocycles. The number of allylic oxidation sites excluding steroid dienone is 1. The number of nitrogens with one attached hydrogen (secondary N) is 1. The zero-order valence-electron chi connectivity index (χ0n) is 21.8. The van der Waals surface area contributed by atoms with E-state index in [0.29, 0.717) is 29.1 Å². The van der Waals surface area contributed by atoms with Gasteiger partial charge < -0.3 is 16.0 Å². The highest BCUT2D eigenvalue weighted by Gasteiger charge is 2.27. The van der Waals surface area contributed by atoms with Gasteiger partial charge in [0.25, 0.3) is 5.91 Å². The van der Waals surface area contributed by atoms with Gasteiger partial charge in [-0.2, -0.15) is 5.26 Å². The van der Waals surface area contributed by atoms with Crippen molar-refractivity contribution in [2.75, 3.05) is 24.1 Å². The van der Waals surface area contributed by atoms with Crippen LogP contribution in [-0.2, 0) is 0 Å². The predicted octanol–water partition coefficient (Wildman–Crippen LogP) is 5.09. The summed E-state index contributed by atoms with van der Waals surface area (Å²) in [5, 5.41) is 12.8. The number of fused-ring (bicyclic) bond motifs is 1. The van der Waals surface area contributed by atoms with E-state index >= 15 is 0 Å². The molecule has 196 valence electrons. The number of nitriles is 1. The zero-order chi connectivity index (χ0) is 26.9. The number of nitrogens with two attached hydrogens (primary N) is 1. The maximum atomic E-state index is 13.1. The van der Waals surface area contributed by atoms with Crippen molar-refractivity contribution in [3.8, 4) is 17.5 Å². The third-order valence-corrected chi connectivity index (χ3v) is 7.53. The van der Waals surface area contributed by atoms with E-state index in [9.17, 15) is 10.1 Å². The van der Waals surface area contributed by atoms with Crippen LogP contribution in [0.5, 0.6) is 0 Å². The normalized spacial score (nSPS) is 17.4. The average molecular weight is 519 g/mol. The molecule has 0 radical (unpaired) electrons. The number of aromatic nitrogens is 4. The molecule has 6 rings (SSSR count). The highest BCUT2D eigenvalue weighted by molar-refractivity contribution is 6.05. The quantitative estimate of drug-likeness (QED) is 0.364. The lowest BCUT2D eigenvalue weighted by Gasteiger charge is -2.31. The molecule has 4 aromatic rings. The minimum absolute atomic E-state index is 0.236. The van der Waals surface area contributed by atoms with Crippen molar-refractivity contribution in [1.29, 1.82) is 5.26 Å². The van der Waals surface area contributed by atoms with Crippen molar-refractivity contribution in [3.63, 3.8) is 0 Å². The Morgan fingerprint density at radius 3 is 2.77 bits per heavy atom. The van der Waals surface area contributed by atoms with Crippen LogP contribution < -0.4 is 11.1 Å². The third-order valence-electron chi connectivity index (χ3n) is 7.53. The van der Waals surface area contributed by atoms with Crippen LogP contribution >= 0.6 is 0 Å². The molecule has 1 atom stereocenters. The molecule has 1 saturated carbocycles. The molecule has 2 aliphatic rings. The average Bonchev–Trinajstić information content (AvgIpc) is 3.73. The molecule has 1 aliphatic carbocycles. The summed E-state index contributed by atoms with van der Waals surface area (Å²) >= 11 is 0. The molecule has 1 amide bonds. The Hall–Kier alpha value is -4.71. The minimum atomic E-state index is -0.375. The zero-order valence-corrected chi connectivity index (χ0v) is 21.8. The lowest BCUT2D eigenvalue weighted by molar-refractivity contribution is 0.102. The number of carbonyl (C=O) groups excluding carboxylic acids is 1. The van der Waals surface area contributed by atoms with Gasteiger partial charge in [0.2, 0.25) is 5.95 Å². The number of amides is 1. The van der Waals surface area contributed by atoms with Gasteiger partial charge in [0.1, 0.15) is 11.6 Å². The van der Waals surface area contributed by atoms with E-state index in [1.807, 2.05) is 35.6 Å². The van der Waals surface area contributed by atoms with Crippen LogP contribution in [0.1, 0.15) is 71.6 Å². The van der Waals surface area contributed by atoms with Crippen molar-refractivity contribution in [3.05, 3.63) is 83.5 Å². The summed E-state index contributed by atoms with van der Waals surface area (Å²) in [6, 6.07) is 13.2. The summed E-state index contributed by atoms with van der Waals surface area (Å²) in [7, 11) is 0. The standard InChI is InChI=1S/C30H30N8O/c1-2-13-37-14-3-4-22(18-37)27-25-10-12-34-30(32)38(25)28(36-27)21-7-8-24(23(15-21)17-31)29(39)35-26-16-20(9-11-33-26)19-5-6-19/h2,7-13,15-16,19,22H,3-6,14,18H2,1H3,(H2,32,34)(H,33,35,39). The Labute approximate surface area is 227 Å². The summed E-state index contributed by atoms with van der Waals surface area (Å²) in [5.41, 5.74) is 10.6. The van der Waals surface area contributed by atoms with Gasteiger partial charge in [-0.05, 0) is 80.6 Å². The Balaban J connectivity index is 1.34. The smallest absolute Gasteiger partial charge is 0.258 e. The van der Waals surface area contributed by atoms with Crippen LogP contribution in [-0.4, -0.2) is 43.2 Å². The second kappa shape index (κ2) is 10.2. The summed E-state index contributed by atoms with van der Waals surface area (Å²) < 4.78 is 1.84. The Bertz CT molecular complexity index is 1630. The fourth-order valence-corrected chi connectivity index (χ4v) is 5.50. The number of rotatable bonds is 6. The van der Waals surface area contributed by atoms with Crippen LogP contribution in [0.3, 0.4) is 0 Å². The van der Waals surface area contributed by atoms with Crippen molar-refractivity contribution < 1.29 is 4.79 Å². The first-order valence-electron chi connectivity index (χ1n) is 13.4. The maximum absolute atomic E-state index is 13.1. The second-order valence-electron chi connectivity index (χ2n) is 10.2. The second-order valence-corrected chi connectivity index (χ2v) is 10.2. The van der Waals surface area contributed by atoms with Crippen LogP contribution in [0.2, 0.25) is 0 Å². The molecule has 2 fully saturated rings. The number of piperidine rings is 1. The van der Waals surface area contributed by atoms with Gasteiger partial charge in [0, 0.05) is 37.0 Å². The van der Waals surface area contributed by atoms with Crippen molar-refractivity contribution >= 4 is 23.2 Å². The molecular formula is C30H30N8O. The monoisotopic (exact) mass is 518 g/mol. The minimum Gasteiger partial charge on any atom is -0.377 e. The van der Waals surface area contributed by atoms with Crippen molar-refractivity contribution in [1.82, 2.24) is 24.3 Å². The lowest BCUT2D eigenvalue weighted by atomic mass is 9.94. The molecular weight excluding hydrogens is 488 g/mol. The molecule has 9 heteroatoms. The van der Waals surface area contributed by atoms with Crippen LogP contribution in [0, 0.1) is 11.3 Å². The summed E-state index contributed by atoms with van der Waals surface area (Å²) in [5.74, 6) is 1.83. The summed E-state index contributed by atoms with van der Waals surface area (Å²) in [6.07, 6.45) is 12.0.